The summed E-state index contributed by atoms with van der Waals surface area (Å²) in [6, 6.07) is 14.7. The van der Waals surface area contributed by atoms with Crippen LogP contribution in [-0.2, 0) is 9.47 Å². The number of rotatable bonds is 9. The summed E-state index contributed by atoms with van der Waals surface area (Å²) in [5.74, 6) is 1.70. The maximum atomic E-state index is 12.8. The van der Waals surface area contributed by atoms with Crippen molar-refractivity contribution in [3.8, 4) is 28.5 Å². The summed E-state index contributed by atoms with van der Waals surface area (Å²) in [6.07, 6.45) is 1.56. The predicted molar refractivity (Wildman–Crippen MR) is 153 cm³/mol. The molecule has 2 N–H and O–H groups in total. The zero-order valence-corrected chi connectivity index (χ0v) is 24.3. The number of ether oxygens (including phenoxy) is 4. The van der Waals surface area contributed by atoms with Gasteiger partial charge in [-0.1, -0.05) is 18.2 Å². The molecule has 1 unspecified atom stereocenters. The first-order chi connectivity index (χ1) is 19.6. The van der Waals surface area contributed by atoms with Crippen molar-refractivity contribution in [1.29, 1.82) is 0 Å². The Hall–Kier alpha value is -4.05. The number of likely N-dealkylation sites (tertiary alicyclic amines) is 1. The second kappa shape index (κ2) is 13.1. The van der Waals surface area contributed by atoms with E-state index in [4.69, 9.17) is 23.9 Å². The summed E-state index contributed by atoms with van der Waals surface area (Å²) in [4.78, 5) is 35.1. The quantitative estimate of drug-likeness (QED) is 0.313. The number of esters is 1. The smallest absolute Gasteiger partial charge is 0.410 e. The van der Waals surface area contributed by atoms with Crippen molar-refractivity contribution in [3.63, 3.8) is 0 Å². The number of imidazole rings is 1. The van der Waals surface area contributed by atoms with Gasteiger partial charge in [0.1, 0.15) is 22.9 Å². The van der Waals surface area contributed by atoms with Gasteiger partial charge in [0.15, 0.2) is 17.2 Å². The van der Waals surface area contributed by atoms with E-state index in [1.54, 1.807) is 24.1 Å². The maximum Gasteiger partial charge on any atom is 0.410 e. The van der Waals surface area contributed by atoms with Crippen LogP contribution >= 0.6 is 0 Å². The van der Waals surface area contributed by atoms with Crippen LogP contribution in [0.15, 0.2) is 48.5 Å². The second-order valence-electron chi connectivity index (χ2n) is 11.0. The first kappa shape index (κ1) is 29.9. The van der Waals surface area contributed by atoms with Crippen LogP contribution in [0.3, 0.4) is 0 Å². The van der Waals surface area contributed by atoms with Gasteiger partial charge in [0.2, 0.25) is 0 Å². The van der Waals surface area contributed by atoms with E-state index in [1.807, 2.05) is 57.2 Å². The molecule has 4 rings (SSSR count). The van der Waals surface area contributed by atoms with E-state index in [9.17, 15) is 14.7 Å². The van der Waals surface area contributed by atoms with E-state index in [0.29, 0.717) is 66.7 Å². The van der Waals surface area contributed by atoms with Gasteiger partial charge in [-0.05, 0) is 76.3 Å². The van der Waals surface area contributed by atoms with E-state index in [2.05, 4.69) is 4.98 Å². The van der Waals surface area contributed by atoms with Crippen molar-refractivity contribution in [2.24, 2.45) is 5.92 Å². The fourth-order valence-corrected chi connectivity index (χ4v) is 5.09. The van der Waals surface area contributed by atoms with Gasteiger partial charge >= 0.3 is 12.1 Å². The van der Waals surface area contributed by atoms with Gasteiger partial charge in [-0.3, -0.25) is 0 Å². The molecule has 1 fully saturated rings. The van der Waals surface area contributed by atoms with Gasteiger partial charge in [-0.25, -0.2) is 14.6 Å². The number of H-pyrrole nitrogens is 1. The van der Waals surface area contributed by atoms with E-state index < -0.39 is 11.6 Å². The minimum atomic E-state index is -0.559. The first-order valence-electron chi connectivity index (χ1n) is 13.8. The third-order valence-corrected chi connectivity index (χ3v) is 7.07. The number of aliphatic hydroxyl groups excluding tert-OH is 1. The van der Waals surface area contributed by atoms with Gasteiger partial charge in [0, 0.05) is 31.2 Å². The van der Waals surface area contributed by atoms with E-state index in [1.165, 1.54) is 7.11 Å². The van der Waals surface area contributed by atoms with Crippen molar-refractivity contribution in [3.05, 3.63) is 60.0 Å². The minimum absolute atomic E-state index is 0.0418. The molecule has 1 aliphatic rings. The summed E-state index contributed by atoms with van der Waals surface area (Å²) in [5, 5.41) is 9.92. The number of hydrogen-bond donors (Lipinski definition) is 2. The number of nitrogens with one attached hydrogen (secondary N) is 1. The number of aliphatic hydroxyl groups is 1. The number of piperidine rings is 1. The molecule has 0 saturated carbocycles. The van der Waals surface area contributed by atoms with Crippen LogP contribution < -0.4 is 9.47 Å². The number of aromatic nitrogens is 2. The van der Waals surface area contributed by atoms with E-state index in [-0.39, 0.29) is 30.2 Å². The molecule has 1 saturated heterocycles. The number of carbonyl (C=O) groups excluding carboxylic acids is 2. The molecular weight excluding hydrogens is 526 g/mol. The molecule has 10 heteroatoms. The van der Waals surface area contributed by atoms with Crippen LogP contribution in [0.2, 0.25) is 0 Å². The lowest BCUT2D eigenvalue weighted by Gasteiger charge is -2.36. The van der Waals surface area contributed by atoms with Crippen LogP contribution in [-0.4, -0.2) is 71.6 Å². The van der Waals surface area contributed by atoms with Crippen molar-refractivity contribution in [2.45, 2.75) is 51.6 Å². The van der Waals surface area contributed by atoms with Gasteiger partial charge < -0.3 is 33.9 Å². The first-order valence-corrected chi connectivity index (χ1v) is 13.8. The monoisotopic (exact) mass is 565 g/mol. The van der Waals surface area contributed by atoms with E-state index in [0.717, 1.165) is 0 Å². The van der Waals surface area contributed by atoms with Crippen LogP contribution in [0.5, 0.6) is 17.2 Å². The number of carbonyl (C=O) groups is 2. The molecule has 1 amide bonds. The fraction of sp³-hybridized carbons (Fsp3) is 0.452. The molecule has 3 aromatic rings. The lowest BCUT2D eigenvalue weighted by molar-refractivity contribution is 0.0168. The number of aromatic amines is 1. The number of para-hydroxylation sites is 1. The average Bonchev–Trinajstić information content (AvgIpc) is 3.40. The molecule has 2 aromatic carbocycles. The summed E-state index contributed by atoms with van der Waals surface area (Å²) in [5.41, 5.74) is 0.727. The van der Waals surface area contributed by atoms with Crippen molar-refractivity contribution < 1.29 is 33.6 Å². The topological polar surface area (TPSA) is 123 Å². The largest absolute Gasteiger partial charge is 0.493 e. The Morgan fingerprint density at radius 1 is 1.07 bits per heavy atom. The van der Waals surface area contributed by atoms with E-state index >= 15 is 0 Å². The Bertz CT molecular complexity index is 1330. The maximum absolute atomic E-state index is 12.8. The van der Waals surface area contributed by atoms with Gasteiger partial charge in [-0.2, -0.15) is 0 Å². The molecule has 0 radical (unpaired) electrons. The van der Waals surface area contributed by atoms with Gasteiger partial charge in [-0.15, -0.1) is 0 Å². The predicted octanol–water partition coefficient (Wildman–Crippen LogP) is 5.78. The average molecular weight is 566 g/mol. The summed E-state index contributed by atoms with van der Waals surface area (Å²) in [6.45, 7) is 6.59. The third-order valence-electron chi connectivity index (χ3n) is 7.07. The molecule has 0 bridgehead atoms. The minimum Gasteiger partial charge on any atom is -0.493 e. The summed E-state index contributed by atoms with van der Waals surface area (Å²) >= 11 is 0. The van der Waals surface area contributed by atoms with Crippen molar-refractivity contribution >= 4 is 12.1 Å². The summed E-state index contributed by atoms with van der Waals surface area (Å²) in [7, 11) is 2.87. The summed E-state index contributed by atoms with van der Waals surface area (Å²) < 4.78 is 22.2. The molecule has 0 aliphatic carbocycles. The zero-order chi connectivity index (χ0) is 29.6. The van der Waals surface area contributed by atoms with Crippen LogP contribution in [0.1, 0.15) is 62.3 Å². The number of methoxy groups -OCH3 is 2. The zero-order valence-electron chi connectivity index (χ0n) is 24.3. The van der Waals surface area contributed by atoms with Gasteiger partial charge in [0.05, 0.1) is 14.2 Å². The molecule has 41 heavy (non-hydrogen) atoms. The third kappa shape index (κ3) is 7.38. The SMILES string of the molecule is COC(=O)c1[nH]c(C(CCO)C2CCN(C(=O)OC(C)(C)C)CC2)nc1-c1ccc(Oc2ccccc2)c(OC)c1. The Labute approximate surface area is 240 Å². The highest BCUT2D eigenvalue weighted by Gasteiger charge is 2.34. The fourth-order valence-electron chi connectivity index (χ4n) is 5.09. The molecule has 0 spiro atoms. The lowest BCUT2D eigenvalue weighted by Crippen LogP contribution is -2.42. The normalized spacial score (nSPS) is 14.8. The Morgan fingerprint density at radius 2 is 1.78 bits per heavy atom. The standard InChI is InChI=1S/C31H39N3O7/c1-31(2,3)41-30(37)34-16-13-20(14-17-34)23(15-18-35)28-32-26(27(33-28)29(36)39-5)21-11-12-24(25(19-21)38-4)40-22-9-7-6-8-10-22/h6-12,19-20,23,35H,13-18H2,1-5H3,(H,32,33). The van der Waals surface area contributed by atoms with Crippen LogP contribution in [0.4, 0.5) is 4.79 Å². The van der Waals surface area contributed by atoms with Crippen LogP contribution in [0.25, 0.3) is 11.3 Å². The number of hydrogen-bond acceptors (Lipinski definition) is 8. The molecule has 220 valence electrons. The molecule has 2 heterocycles. The molecular formula is C31H39N3O7. The number of benzene rings is 2. The highest BCUT2D eigenvalue weighted by Crippen LogP contribution is 2.39. The molecule has 10 nitrogen and oxygen atoms in total. The highest BCUT2D eigenvalue weighted by molar-refractivity contribution is 5.94. The number of nitrogens with zero attached hydrogens (tertiary/aromatic N) is 2. The highest BCUT2D eigenvalue weighted by atomic mass is 16.6. The Balaban J connectivity index is 1.60. The Morgan fingerprint density at radius 3 is 2.39 bits per heavy atom. The molecule has 1 aliphatic heterocycles. The number of amides is 1. The van der Waals surface area contributed by atoms with Crippen molar-refractivity contribution in [1.82, 2.24) is 14.9 Å². The molecule has 1 aromatic heterocycles. The molecule has 1 atom stereocenters. The van der Waals surface area contributed by atoms with Crippen molar-refractivity contribution in [2.75, 3.05) is 33.9 Å². The Kier molecular flexibility index (Phi) is 9.54. The second-order valence-corrected chi connectivity index (χ2v) is 11.0. The lowest BCUT2D eigenvalue weighted by atomic mass is 9.82. The van der Waals surface area contributed by atoms with Crippen LogP contribution in [0, 0.1) is 5.92 Å². The van der Waals surface area contributed by atoms with Gasteiger partial charge in [0.25, 0.3) is 0 Å².